The highest BCUT2D eigenvalue weighted by molar-refractivity contribution is 5.79. The van der Waals surface area contributed by atoms with Gasteiger partial charge in [-0.15, -0.1) is 0 Å². The van der Waals surface area contributed by atoms with Crippen LogP contribution in [-0.4, -0.2) is 59.9 Å². The Labute approximate surface area is 155 Å². The lowest BCUT2D eigenvalue weighted by molar-refractivity contribution is -0.125. The minimum atomic E-state index is -0.101. The van der Waals surface area contributed by atoms with Gasteiger partial charge in [0.05, 0.1) is 11.9 Å². The minimum Gasteiger partial charge on any atom is -0.370 e. The maximum absolute atomic E-state index is 12.4. The van der Waals surface area contributed by atoms with Gasteiger partial charge in [0.15, 0.2) is 0 Å². The van der Waals surface area contributed by atoms with Crippen LogP contribution in [0.3, 0.4) is 0 Å². The number of piperidine rings is 1. The zero-order valence-electron chi connectivity index (χ0n) is 15.8. The molecule has 0 bridgehead atoms. The van der Waals surface area contributed by atoms with Crippen molar-refractivity contribution in [1.82, 2.24) is 20.0 Å². The van der Waals surface area contributed by atoms with Gasteiger partial charge in [-0.05, 0) is 38.8 Å². The molecule has 1 aromatic heterocycles. The molecule has 7 heteroatoms. The third kappa shape index (κ3) is 5.06. The summed E-state index contributed by atoms with van der Waals surface area (Å²) < 4.78 is 1.33. The van der Waals surface area contributed by atoms with Gasteiger partial charge in [-0.3, -0.25) is 9.59 Å². The van der Waals surface area contributed by atoms with Crippen molar-refractivity contribution in [2.45, 2.75) is 38.5 Å². The van der Waals surface area contributed by atoms with Crippen LogP contribution in [0.4, 0.5) is 5.69 Å². The second-order valence-corrected chi connectivity index (χ2v) is 7.48. The normalized spacial score (nSPS) is 20.0. The van der Waals surface area contributed by atoms with E-state index in [1.54, 1.807) is 19.3 Å². The van der Waals surface area contributed by atoms with Gasteiger partial charge < -0.3 is 15.1 Å². The van der Waals surface area contributed by atoms with E-state index >= 15 is 0 Å². The topological polar surface area (TPSA) is 70.5 Å². The van der Waals surface area contributed by atoms with Crippen LogP contribution < -0.4 is 15.8 Å². The molecule has 0 atom stereocenters. The Morgan fingerprint density at radius 3 is 2.50 bits per heavy atom. The molecule has 0 spiro atoms. The van der Waals surface area contributed by atoms with Gasteiger partial charge in [0.25, 0.3) is 5.56 Å². The molecule has 3 heterocycles. The highest BCUT2D eigenvalue weighted by Crippen LogP contribution is 2.21. The van der Waals surface area contributed by atoms with Crippen LogP contribution >= 0.6 is 0 Å². The van der Waals surface area contributed by atoms with Crippen molar-refractivity contribution in [3.63, 3.8) is 0 Å². The summed E-state index contributed by atoms with van der Waals surface area (Å²) in [7, 11) is 1.65. The molecule has 2 aliphatic rings. The van der Waals surface area contributed by atoms with E-state index < -0.39 is 0 Å². The van der Waals surface area contributed by atoms with E-state index in [9.17, 15) is 9.59 Å². The van der Waals surface area contributed by atoms with Crippen molar-refractivity contribution in [3.05, 3.63) is 22.6 Å². The molecule has 144 valence electrons. The first kappa shape index (κ1) is 18.9. The molecule has 0 aliphatic carbocycles. The van der Waals surface area contributed by atoms with Crippen LogP contribution in [0.2, 0.25) is 0 Å². The molecule has 26 heavy (non-hydrogen) atoms. The first-order valence-corrected chi connectivity index (χ1v) is 9.92. The molecule has 0 saturated carbocycles. The fourth-order valence-corrected chi connectivity index (χ4v) is 3.87. The Hall–Kier alpha value is -1.89. The summed E-state index contributed by atoms with van der Waals surface area (Å²) in [5.41, 5.74) is 0.754. The predicted molar refractivity (Wildman–Crippen MR) is 102 cm³/mol. The minimum absolute atomic E-state index is 0.0786. The molecule has 1 N–H and O–H groups in total. The van der Waals surface area contributed by atoms with Gasteiger partial charge in [0.2, 0.25) is 5.91 Å². The van der Waals surface area contributed by atoms with E-state index in [1.165, 1.54) is 43.5 Å². The SMILES string of the molecule is Cn1ncc(N2CCC(C(=O)NCCN3CCCCCC3)CC2)cc1=O. The second-order valence-electron chi connectivity index (χ2n) is 7.48. The predicted octanol–water partition coefficient (Wildman–Crippen LogP) is 0.989. The van der Waals surface area contributed by atoms with Gasteiger partial charge in [-0.1, -0.05) is 12.8 Å². The molecular weight excluding hydrogens is 330 g/mol. The van der Waals surface area contributed by atoms with Crippen molar-refractivity contribution in [2.75, 3.05) is 44.2 Å². The number of carbonyl (C=O) groups excluding carboxylic acids is 1. The van der Waals surface area contributed by atoms with Crippen molar-refractivity contribution in [3.8, 4) is 0 Å². The van der Waals surface area contributed by atoms with Gasteiger partial charge >= 0.3 is 0 Å². The molecule has 2 aliphatic heterocycles. The monoisotopic (exact) mass is 361 g/mol. The Morgan fingerprint density at radius 1 is 1.15 bits per heavy atom. The lowest BCUT2D eigenvalue weighted by Crippen LogP contribution is -2.43. The quantitative estimate of drug-likeness (QED) is 0.847. The van der Waals surface area contributed by atoms with E-state index in [-0.39, 0.29) is 17.4 Å². The second kappa shape index (κ2) is 9.16. The molecule has 7 nitrogen and oxygen atoms in total. The van der Waals surface area contributed by atoms with Crippen molar-refractivity contribution in [2.24, 2.45) is 13.0 Å². The van der Waals surface area contributed by atoms with Crippen LogP contribution in [0, 0.1) is 5.92 Å². The van der Waals surface area contributed by atoms with Gasteiger partial charge in [-0.2, -0.15) is 5.10 Å². The summed E-state index contributed by atoms with van der Waals surface area (Å²) in [5.74, 6) is 0.261. The van der Waals surface area contributed by atoms with Crippen molar-refractivity contribution in [1.29, 1.82) is 0 Å². The van der Waals surface area contributed by atoms with Crippen LogP contribution in [0.15, 0.2) is 17.1 Å². The number of aromatic nitrogens is 2. The first-order valence-electron chi connectivity index (χ1n) is 9.92. The summed E-state index contributed by atoms with van der Waals surface area (Å²) in [6.07, 6.45) is 8.61. The molecule has 0 radical (unpaired) electrons. The molecule has 2 fully saturated rings. The highest BCUT2D eigenvalue weighted by Gasteiger charge is 2.25. The number of amides is 1. The molecule has 0 unspecified atom stereocenters. The van der Waals surface area contributed by atoms with Crippen LogP contribution in [-0.2, 0) is 11.8 Å². The van der Waals surface area contributed by atoms with E-state index in [1.807, 2.05) is 0 Å². The van der Waals surface area contributed by atoms with Gasteiger partial charge in [0, 0.05) is 45.2 Å². The summed E-state index contributed by atoms with van der Waals surface area (Å²) in [6.45, 7) is 5.62. The van der Waals surface area contributed by atoms with Gasteiger partial charge in [0.1, 0.15) is 0 Å². The third-order valence-corrected chi connectivity index (χ3v) is 5.61. The molecular formula is C19H31N5O2. The van der Waals surface area contributed by atoms with E-state index in [4.69, 9.17) is 0 Å². The largest absolute Gasteiger partial charge is 0.370 e. The zero-order chi connectivity index (χ0) is 18.4. The van der Waals surface area contributed by atoms with Crippen molar-refractivity contribution >= 4 is 11.6 Å². The van der Waals surface area contributed by atoms with E-state index in [0.29, 0.717) is 0 Å². The Bertz CT molecular complexity index is 644. The van der Waals surface area contributed by atoms with E-state index in [2.05, 4.69) is 20.2 Å². The summed E-state index contributed by atoms with van der Waals surface area (Å²) in [6, 6.07) is 1.62. The summed E-state index contributed by atoms with van der Waals surface area (Å²) >= 11 is 0. The fraction of sp³-hybridized carbons (Fsp3) is 0.737. The summed E-state index contributed by atoms with van der Waals surface area (Å²) in [5, 5.41) is 7.20. The van der Waals surface area contributed by atoms with Crippen LogP contribution in [0.25, 0.3) is 0 Å². The zero-order valence-corrected chi connectivity index (χ0v) is 15.8. The highest BCUT2D eigenvalue weighted by atomic mass is 16.2. The molecule has 2 saturated heterocycles. The number of carbonyl (C=O) groups is 1. The lowest BCUT2D eigenvalue weighted by Gasteiger charge is -2.32. The Balaban J connectivity index is 1.40. The number of rotatable bonds is 5. The number of hydrogen-bond donors (Lipinski definition) is 1. The van der Waals surface area contributed by atoms with Crippen molar-refractivity contribution < 1.29 is 4.79 Å². The smallest absolute Gasteiger partial charge is 0.268 e. The maximum Gasteiger partial charge on any atom is 0.268 e. The fourth-order valence-electron chi connectivity index (χ4n) is 3.87. The molecule has 3 rings (SSSR count). The van der Waals surface area contributed by atoms with Gasteiger partial charge in [-0.25, -0.2) is 4.68 Å². The van der Waals surface area contributed by atoms with Crippen LogP contribution in [0.1, 0.15) is 38.5 Å². The molecule has 0 aromatic carbocycles. The number of nitrogens with zero attached hydrogens (tertiary/aromatic N) is 4. The summed E-state index contributed by atoms with van der Waals surface area (Å²) in [4.78, 5) is 28.8. The number of aryl methyl sites for hydroxylation is 1. The Morgan fingerprint density at radius 2 is 1.85 bits per heavy atom. The number of likely N-dealkylation sites (tertiary alicyclic amines) is 1. The Kier molecular flexibility index (Phi) is 6.66. The number of nitrogens with one attached hydrogen (secondary N) is 1. The van der Waals surface area contributed by atoms with Crippen LogP contribution in [0.5, 0.6) is 0 Å². The number of hydrogen-bond acceptors (Lipinski definition) is 5. The lowest BCUT2D eigenvalue weighted by atomic mass is 9.95. The number of anilines is 1. The standard InChI is InChI=1S/C19H31N5O2/c1-22-18(25)14-17(15-21-22)24-11-6-16(7-12-24)19(26)20-8-13-23-9-4-2-3-5-10-23/h14-16H,2-13H2,1H3,(H,20,26). The average molecular weight is 361 g/mol. The molecule has 1 amide bonds. The van der Waals surface area contributed by atoms with E-state index in [0.717, 1.165) is 44.7 Å². The third-order valence-electron chi connectivity index (χ3n) is 5.61. The average Bonchev–Trinajstić information content (AvgIpc) is 2.93. The maximum atomic E-state index is 12.4. The molecule has 1 aromatic rings. The first-order chi connectivity index (χ1) is 12.6.